The number of nitrogens with zero attached hydrogens (tertiary/aromatic N) is 3. The summed E-state index contributed by atoms with van der Waals surface area (Å²) in [4.78, 5) is 5.39. The van der Waals surface area contributed by atoms with Gasteiger partial charge in [-0.2, -0.15) is 0 Å². The smallest absolute Gasteiger partial charge is 0.128 e. The first-order chi connectivity index (χ1) is 22.7. The van der Waals surface area contributed by atoms with Crippen molar-refractivity contribution >= 4 is 50.0 Å². The van der Waals surface area contributed by atoms with Crippen molar-refractivity contribution in [3.8, 4) is 5.69 Å². The zero-order valence-electron chi connectivity index (χ0n) is 25.7. The number of benzene rings is 6. The average molecular weight is 595 g/mol. The minimum absolute atomic E-state index is 0.101. The van der Waals surface area contributed by atoms with Gasteiger partial charge in [-0.1, -0.05) is 128 Å². The van der Waals surface area contributed by atoms with Crippen molar-refractivity contribution in [1.29, 1.82) is 0 Å². The minimum Gasteiger partial charge on any atom is -0.309 e. The molecule has 0 amide bonds. The first kappa shape index (κ1) is 26.9. The molecule has 4 heteroatoms. The Morgan fingerprint density at radius 1 is 0.652 bits per heavy atom. The molecule has 1 N–H and O–H groups in total. The Kier molecular flexibility index (Phi) is 6.19. The van der Waals surface area contributed by atoms with Crippen LogP contribution in [0.5, 0.6) is 0 Å². The van der Waals surface area contributed by atoms with E-state index in [1.807, 2.05) is 0 Å². The first-order valence-electron chi connectivity index (χ1n) is 16.1. The maximum Gasteiger partial charge on any atom is 0.128 e. The van der Waals surface area contributed by atoms with Gasteiger partial charge in [-0.3, -0.25) is 14.9 Å². The summed E-state index contributed by atoms with van der Waals surface area (Å²) in [6.07, 6.45) is 2.94. The highest BCUT2D eigenvalue weighted by molar-refractivity contribution is 6.27. The quantitative estimate of drug-likeness (QED) is 0.145. The van der Waals surface area contributed by atoms with Crippen molar-refractivity contribution in [2.45, 2.75) is 25.0 Å². The van der Waals surface area contributed by atoms with E-state index in [-0.39, 0.29) is 11.7 Å². The molecule has 0 radical (unpaired) electrons. The molecule has 222 valence electrons. The fourth-order valence-electron chi connectivity index (χ4n) is 7.58. The van der Waals surface area contributed by atoms with Crippen LogP contribution in [0.4, 0.5) is 0 Å². The molecule has 4 nitrogen and oxygen atoms in total. The predicted octanol–water partition coefficient (Wildman–Crippen LogP) is 9.99. The van der Waals surface area contributed by atoms with Crippen molar-refractivity contribution < 1.29 is 0 Å². The number of aromatic nitrogens is 2. The van der Waals surface area contributed by atoms with Crippen LogP contribution < -0.4 is 5.32 Å². The zero-order chi connectivity index (χ0) is 30.7. The van der Waals surface area contributed by atoms with Gasteiger partial charge in [0.1, 0.15) is 6.17 Å². The van der Waals surface area contributed by atoms with E-state index in [2.05, 4.69) is 179 Å². The molecule has 1 aliphatic carbocycles. The summed E-state index contributed by atoms with van der Waals surface area (Å²) in [6.45, 7) is 2.33. The van der Waals surface area contributed by atoms with E-state index in [4.69, 9.17) is 4.99 Å². The van der Waals surface area contributed by atoms with Crippen molar-refractivity contribution in [1.82, 2.24) is 14.5 Å². The Bertz CT molecular complexity index is 2390. The van der Waals surface area contributed by atoms with Gasteiger partial charge in [0.15, 0.2) is 0 Å². The van der Waals surface area contributed by atoms with Crippen LogP contribution in [-0.2, 0) is 5.54 Å². The molecule has 1 aliphatic rings. The van der Waals surface area contributed by atoms with Gasteiger partial charge in [0.2, 0.25) is 0 Å². The topological polar surface area (TPSA) is 34.2 Å². The molecule has 0 saturated heterocycles. The summed E-state index contributed by atoms with van der Waals surface area (Å²) in [7, 11) is 0. The molecule has 46 heavy (non-hydrogen) atoms. The fourth-order valence-corrected chi connectivity index (χ4v) is 7.58. The van der Waals surface area contributed by atoms with Crippen LogP contribution >= 0.6 is 0 Å². The van der Waals surface area contributed by atoms with Crippen molar-refractivity contribution in [2.75, 3.05) is 0 Å². The van der Waals surface area contributed by atoms with E-state index in [1.54, 1.807) is 0 Å². The second-order valence-electron chi connectivity index (χ2n) is 12.6. The van der Waals surface area contributed by atoms with E-state index in [9.17, 15) is 0 Å². The molecule has 1 saturated carbocycles. The van der Waals surface area contributed by atoms with Crippen LogP contribution in [0.2, 0.25) is 0 Å². The lowest BCUT2D eigenvalue weighted by Crippen LogP contribution is -2.34. The average Bonchev–Trinajstić information content (AvgIpc) is 3.49. The molecule has 6 aromatic carbocycles. The van der Waals surface area contributed by atoms with E-state index in [1.165, 1.54) is 43.7 Å². The highest BCUT2D eigenvalue weighted by atomic mass is 15.2. The van der Waals surface area contributed by atoms with E-state index >= 15 is 0 Å². The Labute approximate surface area is 268 Å². The number of fused-ring (bicyclic) bond motifs is 7. The van der Waals surface area contributed by atoms with E-state index < -0.39 is 0 Å². The van der Waals surface area contributed by atoms with Crippen LogP contribution in [0, 0.1) is 5.92 Å². The van der Waals surface area contributed by atoms with Crippen LogP contribution in [0.3, 0.4) is 0 Å². The lowest BCUT2D eigenvalue weighted by molar-refractivity contribution is 0.415. The molecule has 0 spiro atoms. The molecule has 8 aromatic rings. The van der Waals surface area contributed by atoms with Crippen LogP contribution in [0.25, 0.3) is 49.3 Å². The van der Waals surface area contributed by atoms with Gasteiger partial charge < -0.3 is 4.57 Å². The molecule has 3 atom stereocenters. The summed E-state index contributed by atoms with van der Waals surface area (Å²) in [5.41, 5.74) is 8.24. The maximum absolute atomic E-state index is 5.39. The summed E-state index contributed by atoms with van der Waals surface area (Å²) in [6, 6.07) is 54.2. The molecular weight excluding hydrogens is 560 g/mol. The second kappa shape index (κ2) is 10.6. The Morgan fingerprint density at radius 2 is 1.26 bits per heavy atom. The number of aliphatic imine (C=N–C) groups is 1. The number of hydrogen-bond donors (Lipinski definition) is 1. The van der Waals surface area contributed by atoms with Gasteiger partial charge >= 0.3 is 0 Å². The lowest BCUT2D eigenvalue weighted by atomic mass is 10.0. The first-order valence-corrected chi connectivity index (χ1v) is 16.1. The van der Waals surface area contributed by atoms with Gasteiger partial charge in [-0.15, -0.1) is 0 Å². The molecule has 0 aliphatic heterocycles. The highest BCUT2D eigenvalue weighted by Crippen LogP contribution is 2.53. The molecule has 2 heterocycles. The molecule has 1 fully saturated rings. The summed E-state index contributed by atoms with van der Waals surface area (Å²) >= 11 is 0. The van der Waals surface area contributed by atoms with Crippen LogP contribution in [0.1, 0.15) is 30.6 Å². The molecular formula is C42H34N4. The van der Waals surface area contributed by atoms with Crippen molar-refractivity contribution in [2.24, 2.45) is 10.9 Å². The van der Waals surface area contributed by atoms with Crippen LogP contribution in [0.15, 0.2) is 157 Å². The number of rotatable bonds is 7. The van der Waals surface area contributed by atoms with Gasteiger partial charge in [-0.05, 0) is 53.8 Å². The van der Waals surface area contributed by atoms with Gasteiger partial charge in [0, 0.05) is 32.8 Å². The zero-order valence-corrected chi connectivity index (χ0v) is 25.7. The normalized spacial score (nSPS) is 18.7. The number of para-hydroxylation sites is 3. The molecule has 2 aromatic heterocycles. The molecule has 0 bridgehead atoms. The van der Waals surface area contributed by atoms with Gasteiger partial charge in [0.05, 0.1) is 28.4 Å². The van der Waals surface area contributed by atoms with Crippen molar-refractivity contribution in [3.05, 3.63) is 163 Å². The fraction of sp³-hybridized carbons (Fsp3) is 0.119. The largest absolute Gasteiger partial charge is 0.309 e. The van der Waals surface area contributed by atoms with Crippen molar-refractivity contribution in [3.63, 3.8) is 0 Å². The summed E-state index contributed by atoms with van der Waals surface area (Å²) in [5, 5.41) is 8.95. The maximum atomic E-state index is 5.39. The minimum atomic E-state index is -0.215. The second-order valence-corrected chi connectivity index (χ2v) is 12.6. The lowest BCUT2D eigenvalue weighted by Gasteiger charge is -2.25. The monoisotopic (exact) mass is 594 g/mol. The predicted molar refractivity (Wildman–Crippen MR) is 192 cm³/mol. The standard InChI is InChI=1S/C42H34N4/c1-29-27-42(29,31-17-7-3-8-18-31)44-41(30-15-5-2-6-16-30)43-28-45-36-23-13-11-21-33(36)34-25-26-38-39(40(34)45)35-22-12-14-24-37(35)46(38)32-19-9-4-10-20-32/h2-26,28-29,41,44H,27H2,1H3/b43-28+. The third-order valence-corrected chi connectivity index (χ3v) is 9.96. The Hall–Kier alpha value is -5.45. The number of nitrogens with one attached hydrogen (secondary N) is 1. The van der Waals surface area contributed by atoms with Gasteiger partial charge in [0.25, 0.3) is 0 Å². The van der Waals surface area contributed by atoms with E-state index in [0.29, 0.717) is 5.92 Å². The van der Waals surface area contributed by atoms with Crippen LogP contribution in [-0.4, -0.2) is 15.5 Å². The van der Waals surface area contributed by atoms with Gasteiger partial charge in [-0.25, -0.2) is 0 Å². The van der Waals surface area contributed by atoms with E-state index in [0.717, 1.165) is 23.2 Å². The third kappa shape index (κ3) is 4.14. The highest BCUT2D eigenvalue weighted by Gasteiger charge is 2.53. The Balaban J connectivity index is 1.28. The molecule has 3 unspecified atom stereocenters. The SMILES string of the molecule is CC1CC1(NC(/N=C/n1c2ccccc2c2ccc3c(c4ccccc4n3-c3ccccc3)c21)c1ccccc1)c1ccccc1. The molecule has 9 rings (SSSR count). The Morgan fingerprint density at radius 3 is 1.98 bits per heavy atom. The number of hydrogen-bond acceptors (Lipinski definition) is 2. The summed E-state index contributed by atoms with van der Waals surface area (Å²) in [5.74, 6) is 0.522. The third-order valence-electron chi connectivity index (χ3n) is 9.96. The summed E-state index contributed by atoms with van der Waals surface area (Å²) < 4.78 is 4.70.